The van der Waals surface area contributed by atoms with E-state index < -0.39 is 16.6 Å². The number of non-ortho nitro benzene ring substituents is 1. The van der Waals surface area contributed by atoms with Gasteiger partial charge in [-0.05, 0) is 45.7 Å². The zero-order chi connectivity index (χ0) is 16.8. The van der Waals surface area contributed by atoms with E-state index in [0.29, 0.717) is 31.7 Å². The van der Waals surface area contributed by atoms with Gasteiger partial charge in [-0.1, -0.05) is 0 Å². The number of benzene rings is 1. The van der Waals surface area contributed by atoms with Gasteiger partial charge in [0, 0.05) is 24.2 Å². The topological polar surface area (TPSA) is 92.9 Å². The maximum atomic E-state index is 11.2. The van der Waals surface area contributed by atoms with Crippen molar-refractivity contribution in [3.05, 3.63) is 34.4 Å². The van der Waals surface area contributed by atoms with E-state index in [1.807, 2.05) is 20.8 Å². The average molecular weight is 310 g/mol. The van der Waals surface area contributed by atoms with Gasteiger partial charge in [0.1, 0.15) is 5.75 Å². The number of nitrogens with zero attached hydrogens (tertiary/aromatic N) is 2. The lowest BCUT2D eigenvalue weighted by Crippen LogP contribution is -2.45. The molecule has 0 heterocycles. The molecular formula is C15H22N2O5. The van der Waals surface area contributed by atoms with Crippen molar-refractivity contribution in [2.75, 3.05) is 13.2 Å². The largest absolute Gasteiger partial charge is 0.494 e. The summed E-state index contributed by atoms with van der Waals surface area (Å²) in [5.74, 6) is 0.566. The molecule has 1 rings (SSSR count). The van der Waals surface area contributed by atoms with Crippen LogP contribution in [-0.4, -0.2) is 39.7 Å². The van der Waals surface area contributed by atoms with Gasteiger partial charge in [0.05, 0.1) is 11.5 Å². The number of rotatable bonds is 7. The molecule has 0 fully saturated rings. The number of nitro groups is 1. The molecule has 1 N–H and O–H groups in total. The normalized spacial score (nSPS) is 11.0. The molecule has 0 radical (unpaired) electrons. The molecule has 7 nitrogen and oxygen atoms in total. The van der Waals surface area contributed by atoms with Gasteiger partial charge in [0.25, 0.3) is 5.69 Å². The molecule has 7 heteroatoms. The lowest BCUT2D eigenvalue weighted by atomic mass is 10.1. The lowest BCUT2D eigenvalue weighted by Gasteiger charge is -2.33. The van der Waals surface area contributed by atoms with E-state index in [2.05, 4.69) is 0 Å². The molecule has 0 unspecified atom stereocenters. The fraction of sp³-hybridized carbons (Fsp3) is 0.533. The molecule has 1 aromatic rings. The van der Waals surface area contributed by atoms with Gasteiger partial charge in [-0.15, -0.1) is 0 Å². The lowest BCUT2D eigenvalue weighted by molar-refractivity contribution is -0.384. The minimum absolute atomic E-state index is 0.0228. The van der Waals surface area contributed by atoms with E-state index >= 15 is 0 Å². The molecule has 0 aromatic heterocycles. The van der Waals surface area contributed by atoms with Crippen molar-refractivity contribution >= 4 is 11.8 Å². The third-order valence-corrected chi connectivity index (χ3v) is 3.13. The maximum absolute atomic E-state index is 11.2. The summed E-state index contributed by atoms with van der Waals surface area (Å²) in [6, 6.07) is 5.88. The van der Waals surface area contributed by atoms with Crippen LogP contribution in [0.2, 0.25) is 0 Å². The number of hydrogen-bond donors (Lipinski definition) is 1. The number of carbonyl (C=O) groups is 1. The summed E-state index contributed by atoms with van der Waals surface area (Å²) in [4.78, 5) is 22.6. The average Bonchev–Trinajstić information content (AvgIpc) is 2.41. The van der Waals surface area contributed by atoms with Gasteiger partial charge in [0.2, 0.25) is 0 Å². The SMILES string of the molecule is CC(C)(C)N(CCCCOc1ccc([N+](=O)[O-])cc1)C(=O)O. The summed E-state index contributed by atoms with van der Waals surface area (Å²) in [6.45, 7) is 6.45. The standard InChI is InChI=1S/C15H22N2O5/c1-15(2,3)16(14(18)19)10-4-5-11-22-13-8-6-12(7-9-13)17(20)21/h6-9H,4-5,10-11H2,1-3H3,(H,18,19). The second-order valence-corrected chi connectivity index (χ2v) is 5.91. The Morgan fingerprint density at radius 3 is 2.32 bits per heavy atom. The highest BCUT2D eigenvalue weighted by atomic mass is 16.6. The van der Waals surface area contributed by atoms with Crippen LogP contribution < -0.4 is 4.74 Å². The molecule has 122 valence electrons. The van der Waals surface area contributed by atoms with Crippen molar-refractivity contribution < 1.29 is 19.6 Å². The Bertz CT molecular complexity index is 508. The van der Waals surface area contributed by atoms with Crippen LogP contribution in [0.25, 0.3) is 0 Å². The molecule has 0 spiro atoms. The van der Waals surface area contributed by atoms with Crippen LogP contribution >= 0.6 is 0 Å². The summed E-state index contributed by atoms with van der Waals surface area (Å²) in [7, 11) is 0. The number of ether oxygens (including phenoxy) is 1. The highest BCUT2D eigenvalue weighted by Crippen LogP contribution is 2.18. The van der Waals surface area contributed by atoms with Gasteiger partial charge in [-0.2, -0.15) is 0 Å². The Kier molecular flexibility index (Phi) is 6.15. The zero-order valence-electron chi connectivity index (χ0n) is 13.1. The van der Waals surface area contributed by atoms with Crippen molar-refractivity contribution in [3.8, 4) is 5.75 Å². The van der Waals surface area contributed by atoms with Crippen LogP contribution in [0.15, 0.2) is 24.3 Å². The summed E-state index contributed by atoms with van der Waals surface area (Å²) in [6.07, 6.45) is 0.469. The van der Waals surface area contributed by atoms with Crippen LogP contribution in [-0.2, 0) is 0 Å². The van der Waals surface area contributed by atoms with Gasteiger partial charge in [0.15, 0.2) is 0 Å². The monoisotopic (exact) mass is 310 g/mol. The minimum atomic E-state index is -0.927. The molecule has 0 saturated carbocycles. The van der Waals surface area contributed by atoms with E-state index in [0.717, 1.165) is 0 Å². The van der Waals surface area contributed by atoms with Gasteiger partial charge < -0.3 is 14.7 Å². The smallest absolute Gasteiger partial charge is 0.407 e. The number of nitro benzene ring substituents is 1. The predicted octanol–water partition coefficient (Wildman–Crippen LogP) is 3.53. The molecule has 22 heavy (non-hydrogen) atoms. The molecule has 0 aliphatic rings. The van der Waals surface area contributed by atoms with E-state index in [-0.39, 0.29) is 5.69 Å². The third-order valence-electron chi connectivity index (χ3n) is 3.13. The van der Waals surface area contributed by atoms with Gasteiger partial charge in [-0.25, -0.2) is 4.79 Å². The maximum Gasteiger partial charge on any atom is 0.407 e. The van der Waals surface area contributed by atoms with E-state index in [1.165, 1.54) is 17.0 Å². The van der Waals surface area contributed by atoms with Gasteiger partial charge in [-0.3, -0.25) is 10.1 Å². The molecule has 0 aliphatic carbocycles. The minimum Gasteiger partial charge on any atom is -0.494 e. The molecule has 1 amide bonds. The third kappa shape index (κ3) is 5.59. The first-order chi connectivity index (χ1) is 10.2. The Morgan fingerprint density at radius 1 is 1.27 bits per heavy atom. The Balaban J connectivity index is 2.33. The molecule has 1 aromatic carbocycles. The second-order valence-electron chi connectivity index (χ2n) is 5.91. The molecule has 0 saturated heterocycles. The highest BCUT2D eigenvalue weighted by Gasteiger charge is 2.25. The van der Waals surface area contributed by atoms with Crippen LogP contribution in [0, 0.1) is 10.1 Å². The zero-order valence-corrected chi connectivity index (χ0v) is 13.1. The summed E-state index contributed by atoms with van der Waals surface area (Å²) in [5.41, 5.74) is -0.403. The van der Waals surface area contributed by atoms with Crippen molar-refractivity contribution in [1.29, 1.82) is 0 Å². The summed E-state index contributed by atoms with van der Waals surface area (Å²) < 4.78 is 5.48. The Labute approximate surface area is 129 Å². The fourth-order valence-electron chi connectivity index (χ4n) is 1.94. The number of amides is 1. The van der Waals surface area contributed by atoms with Gasteiger partial charge >= 0.3 is 6.09 Å². The number of carboxylic acid groups (broad SMARTS) is 1. The second kappa shape index (κ2) is 7.63. The first kappa shape index (κ1) is 17.7. The first-order valence-electron chi connectivity index (χ1n) is 7.09. The van der Waals surface area contributed by atoms with Crippen LogP contribution in [0.5, 0.6) is 5.75 Å². The fourth-order valence-corrected chi connectivity index (χ4v) is 1.94. The number of unbranched alkanes of at least 4 members (excludes halogenated alkanes) is 1. The number of hydrogen-bond acceptors (Lipinski definition) is 4. The molecule has 0 aliphatic heterocycles. The van der Waals surface area contributed by atoms with Crippen molar-refractivity contribution in [2.45, 2.75) is 39.2 Å². The van der Waals surface area contributed by atoms with E-state index in [1.54, 1.807) is 12.1 Å². The predicted molar refractivity (Wildman–Crippen MR) is 82.3 cm³/mol. The van der Waals surface area contributed by atoms with Crippen LogP contribution in [0.4, 0.5) is 10.5 Å². The highest BCUT2D eigenvalue weighted by molar-refractivity contribution is 5.65. The van der Waals surface area contributed by atoms with Crippen LogP contribution in [0.1, 0.15) is 33.6 Å². The van der Waals surface area contributed by atoms with Crippen molar-refractivity contribution in [1.82, 2.24) is 4.90 Å². The van der Waals surface area contributed by atoms with E-state index in [4.69, 9.17) is 9.84 Å². The van der Waals surface area contributed by atoms with E-state index in [9.17, 15) is 14.9 Å². The molecule has 0 bridgehead atoms. The molecule has 0 atom stereocenters. The molecular weight excluding hydrogens is 288 g/mol. The Hall–Kier alpha value is -2.31. The van der Waals surface area contributed by atoms with Crippen molar-refractivity contribution in [2.24, 2.45) is 0 Å². The summed E-state index contributed by atoms with van der Waals surface area (Å²) >= 11 is 0. The summed E-state index contributed by atoms with van der Waals surface area (Å²) in [5, 5.41) is 19.7. The Morgan fingerprint density at radius 2 is 1.86 bits per heavy atom. The first-order valence-corrected chi connectivity index (χ1v) is 7.09. The van der Waals surface area contributed by atoms with Crippen LogP contribution in [0.3, 0.4) is 0 Å². The van der Waals surface area contributed by atoms with Crippen molar-refractivity contribution in [3.63, 3.8) is 0 Å². The quantitative estimate of drug-likeness (QED) is 0.472.